The second kappa shape index (κ2) is 7.94. The topological polar surface area (TPSA) is 88.3 Å². The average molecular weight is 376 g/mol. The highest BCUT2D eigenvalue weighted by molar-refractivity contribution is 6.15. The number of carbonyl (C=O) groups excluding carboxylic acids is 2. The number of benzene rings is 2. The monoisotopic (exact) mass is 376 g/mol. The molecule has 1 unspecified atom stereocenters. The first-order valence-electron chi connectivity index (χ1n) is 9.72. The van der Waals surface area contributed by atoms with Gasteiger partial charge in [0.25, 0.3) is 5.91 Å². The van der Waals surface area contributed by atoms with Gasteiger partial charge in [0.05, 0.1) is 17.0 Å². The Kier molecular flexibility index (Phi) is 5.21. The maximum absolute atomic E-state index is 13.4. The van der Waals surface area contributed by atoms with Crippen molar-refractivity contribution in [3.63, 3.8) is 0 Å². The Hall–Kier alpha value is -2.99. The summed E-state index contributed by atoms with van der Waals surface area (Å²) in [4.78, 5) is 32.0. The third-order valence-corrected chi connectivity index (χ3v) is 5.37. The first-order valence-corrected chi connectivity index (χ1v) is 9.72. The van der Waals surface area contributed by atoms with E-state index in [9.17, 15) is 9.59 Å². The van der Waals surface area contributed by atoms with E-state index in [1.165, 1.54) is 0 Å². The molecule has 0 bridgehead atoms. The molecular weight excluding hydrogens is 352 g/mol. The fourth-order valence-electron chi connectivity index (χ4n) is 3.98. The molecule has 144 valence electrons. The lowest BCUT2D eigenvalue weighted by Gasteiger charge is -2.32. The second-order valence-corrected chi connectivity index (χ2v) is 7.21. The Morgan fingerprint density at radius 3 is 2.86 bits per heavy atom. The summed E-state index contributed by atoms with van der Waals surface area (Å²) in [5, 5.41) is 5.91. The van der Waals surface area contributed by atoms with Crippen LogP contribution in [0.1, 0.15) is 23.2 Å². The van der Waals surface area contributed by atoms with Crippen LogP contribution in [-0.4, -0.2) is 47.9 Å². The fourth-order valence-corrected chi connectivity index (χ4v) is 3.98. The second-order valence-electron chi connectivity index (χ2n) is 7.21. The number of amides is 2. The summed E-state index contributed by atoms with van der Waals surface area (Å²) in [6, 6.07) is 13.8. The first kappa shape index (κ1) is 18.4. The largest absolute Gasteiger partial charge is 0.355 e. The van der Waals surface area contributed by atoms with Crippen LogP contribution in [0.25, 0.3) is 21.7 Å². The fraction of sp³-hybridized carbons (Fsp3) is 0.318. The molecule has 1 fully saturated rings. The summed E-state index contributed by atoms with van der Waals surface area (Å²) in [6.07, 6.45) is 3.31. The molecule has 3 N–H and O–H groups in total. The van der Waals surface area contributed by atoms with Crippen molar-refractivity contribution < 1.29 is 9.59 Å². The van der Waals surface area contributed by atoms with Crippen LogP contribution in [0.2, 0.25) is 0 Å². The van der Waals surface area contributed by atoms with Crippen LogP contribution in [-0.2, 0) is 4.79 Å². The van der Waals surface area contributed by atoms with Crippen LogP contribution in [0.3, 0.4) is 0 Å². The number of piperidine rings is 1. The number of nitrogens with zero attached hydrogens (tertiary/aromatic N) is 2. The lowest BCUT2D eigenvalue weighted by molar-refractivity contribution is -0.126. The van der Waals surface area contributed by atoms with Gasteiger partial charge in [-0.3, -0.25) is 14.6 Å². The number of fused-ring (bicyclic) bond motifs is 3. The molecule has 2 heterocycles. The Balaban J connectivity index is 1.67. The molecule has 0 saturated carbocycles. The third kappa shape index (κ3) is 3.43. The van der Waals surface area contributed by atoms with Crippen LogP contribution in [0, 0.1) is 5.92 Å². The molecule has 6 nitrogen and oxygen atoms in total. The van der Waals surface area contributed by atoms with E-state index in [-0.39, 0.29) is 17.7 Å². The zero-order valence-corrected chi connectivity index (χ0v) is 15.7. The molecule has 2 aromatic carbocycles. The zero-order valence-electron chi connectivity index (χ0n) is 15.7. The Bertz CT molecular complexity index is 1030. The van der Waals surface area contributed by atoms with Gasteiger partial charge in [0, 0.05) is 37.8 Å². The van der Waals surface area contributed by atoms with E-state index >= 15 is 0 Å². The van der Waals surface area contributed by atoms with Gasteiger partial charge in [-0.15, -0.1) is 0 Å². The number of carbonyl (C=O) groups is 2. The summed E-state index contributed by atoms with van der Waals surface area (Å²) in [5.41, 5.74) is 6.77. The predicted molar refractivity (Wildman–Crippen MR) is 110 cm³/mol. The smallest absolute Gasteiger partial charge is 0.256 e. The van der Waals surface area contributed by atoms with Crippen LogP contribution < -0.4 is 11.1 Å². The highest BCUT2D eigenvalue weighted by Crippen LogP contribution is 2.29. The first-order chi connectivity index (χ1) is 13.7. The van der Waals surface area contributed by atoms with E-state index in [1.54, 1.807) is 11.1 Å². The minimum Gasteiger partial charge on any atom is -0.355 e. The van der Waals surface area contributed by atoms with Crippen LogP contribution in [0.4, 0.5) is 0 Å². The van der Waals surface area contributed by atoms with Crippen molar-refractivity contribution in [2.75, 3.05) is 26.2 Å². The average Bonchev–Trinajstić information content (AvgIpc) is 2.76. The zero-order chi connectivity index (χ0) is 19.5. The van der Waals surface area contributed by atoms with E-state index in [2.05, 4.69) is 10.3 Å². The van der Waals surface area contributed by atoms with Crippen molar-refractivity contribution >= 4 is 33.5 Å². The minimum atomic E-state index is -0.191. The van der Waals surface area contributed by atoms with Crippen molar-refractivity contribution in [1.82, 2.24) is 15.2 Å². The number of hydrogen-bond acceptors (Lipinski definition) is 4. The van der Waals surface area contributed by atoms with Crippen molar-refractivity contribution in [1.29, 1.82) is 0 Å². The van der Waals surface area contributed by atoms with Gasteiger partial charge in [-0.2, -0.15) is 0 Å². The highest BCUT2D eigenvalue weighted by atomic mass is 16.2. The molecule has 1 aliphatic heterocycles. The maximum Gasteiger partial charge on any atom is 0.256 e. The van der Waals surface area contributed by atoms with Gasteiger partial charge in [-0.05, 0) is 35.7 Å². The van der Waals surface area contributed by atoms with Gasteiger partial charge in [0.15, 0.2) is 0 Å². The van der Waals surface area contributed by atoms with E-state index in [4.69, 9.17) is 5.73 Å². The maximum atomic E-state index is 13.4. The van der Waals surface area contributed by atoms with E-state index in [1.807, 2.05) is 42.5 Å². The van der Waals surface area contributed by atoms with Gasteiger partial charge < -0.3 is 16.0 Å². The van der Waals surface area contributed by atoms with Gasteiger partial charge in [-0.1, -0.05) is 30.3 Å². The normalized spacial score (nSPS) is 17.0. The summed E-state index contributed by atoms with van der Waals surface area (Å²) < 4.78 is 0. The quantitative estimate of drug-likeness (QED) is 0.684. The van der Waals surface area contributed by atoms with Crippen molar-refractivity contribution in [3.05, 3.63) is 54.2 Å². The summed E-state index contributed by atoms with van der Waals surface area (Å²) >= 11 is 0. The predicted octanol–water partition coefficient (Wildman–Crippen LogP) is 2.32. The summed E-state index contributed by atoms with van der Waals surface area (Å²) in [7, 11) is 0. The van der Waals surface area contributed by atoms with Gasteiger partial charge in [0.1, 0.15) is 0 Å². The molecule has 1 aliphatic rings. The molecule has 1 atom stereocenters. The summed E-state index contributed by atoms with van der Waals surface area (Å²) in [6.45, 7) is 1.95. The van der Waals surface area contributed by atoms with E-state index in [0.717, 1.165) is 29.0 Å². The molecule has 3 aromatic rings. The summed E-state index contributed by atoms with van der Waals surface area (Å²) in [5.74, 6) is -0.279. The molecule has 28 heavy (non-hydrogen) atoms. The van der Waals surface area contributed by atoms with E-state index < -0.39 is 0 Å². The number of nitrogens with two attached hydrogens (primary N) is 1. The van der Waals surface area contributed by atoms with Crippen molar-refractivity contribution in [2.45, 2.75) is 12.8 Å². The number of pyridine rings is 1. The van der Waals surface area contributed by atoms with Gasteiger partial charge >= 0.3 is 0 Å². The molecule has 0 aliphatic carbocycles. The van der Waals surface area contributed by atoms with Crippen LogP contribution >= 0.6 is 0 Å². The molecular formula is C22H24N4O2. The number of likely N-dealkylation sites (tertiary alicyclic amines) is 1. The Labute approximate surface area is 163 Å². The number of aromatic nitrogens is 1. The molecule has 0 spiro atoms. The standard InChI is InChI=1S/C22H24N4O2/c23-9-11-25-21(27)16-6-4-12-26(14-16)22(28)19-13-15-5-1-2-7-17(15)18-8-3-10-24-20(18)19/h1-3,5,7-8,10,13,16H,4,6,9,11-12,14,23H2,(H,25,27). The third-order valence-electron chi connectivity index (χ3n) is 5.37. The number of rotatable bonds is 4. The van der Waals surface area contributed by atoms with E-state index in [0.29, 0.717) is 37.3 Å². The Morgan fingerprint density at radius 1 is 1.18 bits per heavy atom. The molecule has 2 amide bonds. The molecule has 1 saturated heterocycles. The number of nitrogens with one attached hydrogen (secondary N) is 1. The molecule has 4 rings (SSSR count). The van der Waals surface area contributed by atoms with Crippen LogP contribution in [0.5, 0.6) is 0 Å². The van der Waals surface area contributed by atoms with Crippen LogP contribution in [0.15, 0.2) is 48.7 Å². The SMILES string of the molecule is NCCNC(=O)C1CCCN(C(=O)c2cc3ccccc3c3cccnc23)C1. The Morgan fingerprint density at radius 2 is 2.00 bits per heavy atom. The lowest BCUT2D eigenvalue weighted by Crippen LogP contribution is -2.46. The lowest BCUT2D eigenvalue weighted by atomic mass is 9.95. The molecule has 0 radical (unpaired) electrons. The minimum absolute atomic E-state index is 0.0237. The van der Waals surface area contributed by atoms with Crippen molar-refractivity contribution in [2.24, 2.45) is 11.7 Å². The molecule has 1 aromatic heterocycles. The molecule has 6 heteroatoms. The van der Waals surface area contributed by atoms with Crippen molar-refractivity contribution in [3.8, 4) is 0 Å². The van der Waals surface area contributed by atoms with Gasteiger partial charge in [-0.25, -0.2) is 0 Å². The highest BCUT2D eigenvalue weighted by Gasteiger charge is 2.29. The number of hydrogen-bond donors (Lipinski definition) is 2. The van der Waals surface area contributed by atoms with Gasteiger partial charge in [0.2, 0.25) is 5.91 Å².